The van der Waals surface area contributed by atoms with Crippen molar-refractivity contribution in [2.75, 3.05) is 38.1 Å². The molecule has 4 rings (SSSR count). The summed E-state index contributed by atoms with van der Waals surface area (Å²) in [5, 5.41) is 12.8. The average molecular weight is 365 g/mol. The van der Waals surface area contributed by atoms with Crippen LogP contribution in [0.15, 0.2) is 42.5 Å². The van der Waals surface area contributed by atoms with Gasteiger partial charge in [0.25, 0.3) is 5.91 Å². The fourth-order valence-electron chi connectivity index (χ4n) is 4.15. The van der Waals surface area contributed by atoms with Crippen LogP contribution in [0.3, 0.4) is 0 Å². The Morgan fingerprint density at radius 1 is 1.11 bits per heavy atom. The van der Waals surface area contributed by atoms with E-state index in [2.05, 4.69) is 40.4 Å². The minimum atomic E-state index is -0.114. The molecule has 0 saturated carbocycles. The Kier molecular flexibility index (Phi) is 5.03. The summed E-state index contributed by atoms with van der Waals surface area (Å²) in [5.74, 6) is 0.00502. The summed E-state index contributed by atoms with van der Waals surface area (Å²) in [6.45, 7) is 4.27. The third-order valence-corrected chi connectivity index (χ3v) is 5.75. The van der Waals surface area contributed by atoms with Gasteiger partial charge in [0, 0.05) is 43.5 Å². The Morgan fingerprint density at radius 3 is 2.67 bits per heavy atom. The van der Waals surface area contributed by atoms with E-state index in [4.69, 9.17) is 0 Å². The normalized spacial score (nSPS) is 20.2. The van der Waals surface area contributed by atoms with Crippen LogP contribution in [-0.4, -0.2) is 55.2 Å². The molecule has 1 atom stereocenters. The highest BCUT2D eigenvalue weighted by Gasteiger charge is 2.25. The number of rotatable bonds is 3. The topological polar surface area (TPSA) is 55.8 Å². The van der Waals surface area contributed by atoms with Gasteiger partial charge in [-0.1, -0.05) is 18.2 Å². The van der Waals surface area contributed by atoms with Crippen LogP contribution >= 0.6 is 0 Å². The van der Waals surface area contributed by atoms with Gasteiger partial charge in [0.05, 0.1) is 0 Å². The minimum absolute atomic E-state index is 0.114. The fourth-order valence-corrected chi connectivity index (χ4v) is 4.15. The predicted molar refractivity (Wildman–Crippen MR) is 108 cm³/mol. The summed E-state index contributed by atoms with van der Waals surface area (Å²) in [6, 6.07) is 13.3. The van der Waals surface area contributed by atoms with Crippen LogP contribution in [0.1, 0.15) is 27.9 Å². The smallest absolute Gasteiger partial charge is 0.251 e. The molecular weight excluding hydrogens is 338 g/mol. The Hall–Kier alpha value is -2.53. The van der Waals surface area contributed by atoms with Crippen LogP contribution in [0.4, 0.5) is 5.69 Å². The van der Waals surface area contributed by atoms with Crippen LogP contribution < -0.4 is 10.2 Å². The first-order chi connectivity index (χ1) is 13.1. The summed E-state index contributed by atoms with van der Waals surface area (Å²) in [4.78, 5) is 17.4. The van der Waals surface area contributed by atoms with E-state index in [-0.39, 0.29) is 17.7 Å². The molecule has 2 N–H and O–H groups in total. The van der Waals surface area contributed by atoms with Gasteiger partial charge in [0.2, 0.25) is 0 Å². The molecule has 2 aliphatic rings. The number of carbonyl (C=O) groups excluding carboxylic acids is 1. The maximum absolute atomic E-state index is 12.6. The lowest BCUT2D eigenvalue weighted by Gasteiger charge is -2.37. The number of nitrogens with one attached hydrogen (secondary N) is 1. The standard InChI is InChI=1S/C22H27N3O2/c1-24-10-12-25(13-11-24)21-7-3-4-16-8-9-18(15-20(16)21)23-22(27)17-5-2-6-19(26)14-17/h2-7,14,18,26H,8-13,15H2,1H3,(H,23,27). The number of amides is 1. The van der Waals surface area contributed by atoms with E-state index >= 15 is 0 Å². The molecule has 0 radical (unpaired) electrons. The molecule has 1 aliphatic heterocycles. The minimum Gasteiger partial charge on any atom is -0.508 e. The molecule has 5 nitrogen and oxygen atoms in total. The van der Waals surface area contributed by atoms with Crippen LogP contribution in [0.25, 0.3) is 0 Å². The number of likely N-dealkylation sites (N-methyl/N-ethyl adjacent to an activating group) is 1. The number of aromatic hydroxyl groups is 1. The first kappa shape index (κ1) is 17.9. The zero-order chi connectivity index (χ0) is 18.8. The number of hydrogen-bond donors (Lipinski definition) is 2. The van der Waals surface area contributed by atoms with Crippen LogP contribution in [0.5, 0.6) is 5.75 Å². The number of anilines is 1. The number of phenolic OH excluding ortho intramolecular Hbond substituents is 1. The summed E-state index contributed by atoms with van der Waals surface area (Å²) in [6.07, 6.45) is 2.80. The van der Waals surface area contributed by atoms with E-state index in [0.29, 0.717) is 5.56 Å². The van der Waals surface area contributed by atoms with E-state index in [1.54, 1.807) is 18.2 Å². The van der Waals surface area contributed by atoms with Gasteiger partial charge in [0.15, 0.2) is 0 Å². The molecule has 1 aliphatic carbocycles. The number of aryl methyl sites for hydroxylation is 1. The Bertz CT molecular complexity index is 828. The van der Waals surface area contributed by atoms with Gasteiger partial charge >= 0.3 is 0 Å². The molecule has 0 aromatic heterocycles. The van der Waals surface area contributed by atoms with Crippen LogP contribution in [0, 0.1) is 0 Å². The molecule has 142 valence electrons. The molecule has 2 aromatic carbocycles. The van der Waals surface area contributed by atoms with Gasteiger partial charge in [-0.3, -0.25) is 4.79 Å². The van der Waals surface area contributed by atoms with E-state index < -0.39 is 0 Å². The van der Waals surface area contributed by atoms with Gasteiger partial charge in [-0.15, -0.1) is 0 Å². The van der Waals surface area contributed by atoms with Gasteiger partial charge in [-0.25, -0.2) is 0 Å². The molecule has 2 aromatic rings. The molecule has 1 fully saturated rings. The number of nitrogens with zero attached hydrogens (tertiary/aromatic N) is 2. The number of piperazine rings is 1. The summed E-state index contributed by atoms with van der Waals surface area (Å²) in [5.41, 5.74) is 4.63. The number of phenols is 1. The van der Waals surface area contributed by atoms with Crippen molar-refractivity contribution in [1.82, 2.24) is 10.2 Å². The number of fused-ring (bicyclic) bond motifs is 1. The summed E-state index contributed by atoms with van der Waals surface area (Å²) < 4.78 is 0. The van der Waals surface area contributed by atoms with Crippen molar-refractivity contribution in [3.05, 3.63) is 59.2 Å². The third-order valence-electron chi connectivity index (χ3n) is 5.75. The Morgan fingerprint density at radius 2 is 1.89 bits per heavy atom. The quantitative estimate of drug-likeness (QED) is 0.877. The second-order valence-electron chi connectivity index (χ2n) is 7.67. The lowest BCUT2D eigenvalue weighted by Crippen LogP contribution is -2.45. The molecule has 5 heteroatoms. The number of hydrogen-bond acceptors (Lipinski definition) is 4. The first-order valence-corrected chi connectivity index (χ1v) is 9.74. The van der Waals surface area contributed by atoms with E-state index in [1.165, 1.54) is 22.9 Å². The van der Waals surface area contributed by atoms with E-state index in [1.807, 2.05) is 0 Å². The van der Waals surface area contributed by atoms with Crippen molar-refractivity contribution in [3.8, 4) is 5.75 Å². The molecule has 1 heterocycles. The zero-order valence-electron chi connectivity index (χ0n) is 15.8. The molecule has 0 spiro atoms. The molecule has 0 bridgehead atoms. The van der Waals surface area contributed by atoms with Gasteiger partial charge in [-0.2, -0.15) is 0 Å². The lowest BCUT2D eigenvalue weighted by atomic mass is 9.86. The van der Waals surface area contributed by atoms with Crippen molar-refractivity contribution in [2.45, 2.75) is 25.3 Å². The highest BCUT2D eigenvalue weighted by Crippen LogP contribution is 2.31. The van der Waals surface area contributed by atoms with Crippen LogP contribution in [-0.2, 0) is 12.8 Å². The molecule has 1 unspecified atom stereocenters. The molecule has 1 amide bonds. The van der Waals surface area contributed by atoms with E-state index in [0.717, 1.165) is 45.4 Å². The maximum atomic E-state index is 12.6. The second-order valence-corrected chi connectivity index (χ2v) is 7.67. The van der Waals surface area contributed by atoms with E-state index in [9.17, 15) is 9.90 Å². The van der Waals surface area contributed by atoms with Crippen molar-refractivity contribution in [2.24, 2.45) is 0 Å². The molecular formula is C22H27N3O2. The fraction of sp³-hybridized carbons (Fsp3) is 0.409. The monoisotopic (exact) mass is 365 g/mol. The SMILES string of the molecule is CN1CCN(c2cccc3c2CC(NC(=O)c2cccc(O)c2)CC3)CC1. The second kappa shape index (κ2) is 7.61. The van der Waals surface area contributed by atoms with Gasteiger partial charge < -0.3 is 20.2 Å². The van der Waals surface area contributed by atoms with Gasteiger partial charge in [0.1, 0.15) is 5.75 Å². The molecule has 1 saturated heterocycles. The Balaban J connectivity index is 1.50. The Labute approximate surface area is 160 Å². The highest BCUT2D eigenvalue weighted by molar-refractivity contribution is 5.94. The third kappa shape index (κ3) is 3.93. The molecule has 27 heavy (non-hydrogen) atoms. The van der Waals surface area contributed by atoms with Gasteiger partial charge in [-0.05, 0) is 61.7 Å². The zero-order valence-corrected chi connectivity index (χ0v) is 15.8. The number of benzene rings is 2. The van der Waals surface area contributed by atoms with Crippen LogP contribution in [0.2, 0.25) is 0 Å². The highest BCUT2D eigenvalue weighted by atomic mass is 16.3. The summed E-state index contributed by atoms with van der Waals surface area (Å²) >= 11 is 0. The van der Waals surface area contributed by atoms with Crippen molar-refractivity contribution in [3.63, 3.8) is 0 Å². The maximum Gasteiger partial charge on any atom is 0.251 e. The number of carbonyl (C=O) groups is 1. The largest absolute Gasteiger partial charge is 0.508 e. The van der Waals surface area contributed by atoms with Crippen molar-refractivity contribution >= 4 is 11.6 Å². The van der Waals surface area contributed by atoms with Crippen molar-refractivity contribution < 1.29 is 9.90 Å². The predicted octanol–water partition coefficient (Wildman–Crippen LogP) is 2.43. The first-order valence-electron chi connectivity index (χ1n) is 9.74. The van der Waals surface area contributed by atoms with Crippen molar-refractivity contribution in [1.29, 1.82) is 0 Å². The summed E-state index contributed by atoms with van der Waals surface area (Å²) in [7, 11) is 2.17. The lowest BCUT2D eigenvalue weighted by molar-refractivity contribution is 0.0933. The average Bonchev–Trinajstić information content (AvgIpc) is 2.68.